The van der Waals surface area contributed by atoms with Crippen molar-refractivity contribution in [3.8, 4) is 0 Å². The van der Waals surface area contributed by atoms with Crippen LogP contribution in [0.4, 0.5) is 0 Å². The van der Waals surface area contributed by atoms with Crippen LogP contribution in [-0.4, -0.2) is 56.9 Å². The summed E-state index contributed by atoms with van der Waals surface area (Å²) in [6, 6.07) is 8.59. The number of hydrogen-bond donors (Lipinski definition) is 1. The van der Waals surface area contributed by atoms with E-state index < -0.39 is 10.0 Å². The zero-order chi connectivity index (χ0) is 13.0. The van der Waals surface area contributed by atoms with Crippen molar-refractivity contribution >= 4 is 34.8 Å². The minimum Gasteiger partial charge on any atom is -0.329 e. The summed E-state index contributed by atoms with van der Waals surface area (Å²) in [6.45, 7) is 4.03. The third-order valence-electron chi connectivity index (χ3n) is 3.16. The second kappa shape index (κ2) is 8.81. The maximum atomic E-state index is 12.3. The molecule has 0 unspecified atom stereocenters. The standard InChI is InChI=1S/C12H19N3O2S.2ClH/c13-6-7-14-8-10-15(11-9-14)18(16,17)12-4-2-1-3-5-12;;/h1-5H,6-11,13H2;2*1H. The van der Waals surface area contributed by atoms with Crippen LogP contribution in [-0.2, 0) is 10.0 Å². The first kappa shape index (κ1) is 19.6. The zero-order valence-corrected chi connectivity index (χ0v) is 13.6. The summed E-state index contributed by atoms with van der Waals surface area (Å²) < 4.78 is 26.2. The molecule has 1 fully saturated rings. The first-order valence-electron chi connectivity index (χ1n) is 6.12. The number of benzene rings is 1. The van der Waals surface area contributed by atoms with Crippen LogP contribution in [0.25, 0.3) is 0 Å². The average Bonchev–Trinajstić information content (AvgIpc) is 2.41. The molecule has 0 spiro atoms. The van der Waals surface area contributed by atoms with Gasteiger partial charge in [-0.1, -0.05) is 18.2 Å². The highest BCUT2D eigenvalue weighted by Crippen LogP contribution is 2.16. The molecule has 0 radical (unpaired) electrons. The van der Waals surface area contributed by atoms with Gasteiger partial charge in [-0.05, 0) is 12.1 Å². The van der Waals surface area contributed by atoms with Crippen LogP contribution in [0.1, 0.15) is 0 Å². The molecule has 1 saturated heterocycles. The Morgan fingerprint density at radius 1 is 1.00 bits per heavy atom. The van der Waals surface area contributed by atoms with Crippen molar-refractivity contribution in [2.24, 2.45) is 5.73 Å². The molecule has 8 heteroatoms. The Morgan fingerprint density at radius 2 is 1.55 bits per heavy atom. The summed E-state index contributed by atoms with van der Waals surface area (Å²) in [5, 5.41) is 0. The molecule has 0 bridgehead atoms. The minimum absolute atomic E-state index is 0. The molecule has 0 aliphatic carbocycles. The first-order chi connectivity index (χ1) is 8.64. The Kier molecular flexibility index (Phi) is 8.65. The summed E-state index contributed by atoms with van der Waals surface area (Å²) in [4.78, 5) is 2.56. The van der Waals surface area contributed by atoms with Crippen molar-refractivity contribution in [3.63, 3.8) is 0 Å². The molecule has 1 aromatic carbocycles. The average molecular weight is 342 g/mol. The van der Waals surface area contributed by atoms with E-state index in [9.17, 15) is 8.42 Å². The lowest BCUT2D eigenvalue weighted by molar-refractivity contribution is 0.192. The van der Waals surface area contributed by atoms with Crippen molar-refractivity contribution < 1.29 is 8.42 Å². The van der Waals surface area contributed by atoms with E-state index in [0.29, 0.717) is 24.5 Å². The summed E-state index contributed by atoms with van der Waals surface area (Å²) in [6.07, 6.45) is 0. The molecule has 1 aliphatic rings. The second-order valence-corrected chi connectivity index (χ2v) is 6.29. The van der Waals surface area contributed by atoms with Crippen molar-refractivity contribution in [2.45, 2.75) is 4.90 Å². The monoisotopic (exact) mass is 341 g/mol. The Morgan fingerprint density at radius 3 is 2.05 bits per heavy atom. The van der Waals surface area contributed by atoms with Crippen LogP contribution < -0.4 is 5.73 Å². The fourth-order valence-electron chi connectivity index (χ4n) is 2.12. The van der Waals surface area contributed by atoms with E-state index in [0.717, 1.165) is 19.6 Å². The second-order valence-electron chi connectivity index (χ2n) is 4.35. The van der Waals surface area contributed by atoms with E-state index in [2.05, 4.69) is 4.90 Å². The number of hydrogen-bond acceptors (Lipinski definition) is 4. The van der Waals surface area contributed by atoms with Crippen LogP contribution in [0.3, 0.4) is 0 Å². The molecule has 1 aliphatic heterocycles. The summed E-state index contributed by atoms with van der Waals surface area (Å²) >= 11 is 0. The van der Waals surface area contributed by atoms with Gasteiger partial charge in [-0.15, -0.1) is 24.8 Å². The van der Waals surface area contributed by atoms with Gasteiger partial charge in [0, 0.05) is 39.3 Å². The van der Waals surface area contributed by atoms with Gasteiger partial charge in [-0.2, -0.15) is 4.31 Å². The third kappa shape index (κ3) is 4.58. The SMILES string of the molecule is Cl.Cl.NCCN1CCN(S(=O)(=O)c2ccccc2)CC1. The lowest BCUT2D eigenvalue weighted by atomic mass is 10.3. The number of sulfonamides is 1. The highest BCUT2D eigenvalue weighted by molar-refractivity contribution is 7.89. The molecule has 0 saturated carbocycles. The van der Waals surface area contributed by atoms with Crippen molar-refractivity contribution in [3.05, 3.63) is 30.3 Å². The molecule has 20 heavy (non-hydrogen) atoms. The van der Waals surface area contributed by atoms with Crippen molar-refractivity contribution in [2.75, 3.05) is 39.3 Å². The van der Waals surface area contributed by atoms with Gasteiger partial charge in [-0.25, -0.2) is 8.42 Å². The molecule has 5 nitrogen and oxygen atoms in total. The fourth-order valence-corrected chi connectivity index (χ4v) is 3.56. The molecule has 1 aromatic rings. The Bertz CT molecular complexity index is 477. The van der Waals surface area contributed by atoms with E-state index in [-0.39, 0.29) is 24.8 Å². The molecule has 2 N–H and O–H groups in total. The van der Waals surface area contributed by atoms with Gasteiger partial charge in [0.05, 0.1) is 4.90 Å². The van der Waals surface area contributed by atoms with E-state index >= 15 is 0 Å². The van der Waals surface area contributed by atoms with Gasteiger partial charge in [0.2, 0.25) is 10.0 Å². The molecule has 0 amide bonds. The lowest BCUT2D eigenvalue weighted by Crippen LogP contribution is -2.49. The number of halogens is 2. The van der Waals surface area contributed by atoms with Gasteiger partial charge in [0.25, 0.3) is 0 Å². The van der Waals surface area contributed by atoms with E-state index in [1.54, 1.807) is 28.6 Å². The van der Waals surface area contributed by atoms with Gasteiger partial charge < -0.3 is 5.73 Å². The van der Waals surface area contributed by atoms with Crippen LogP contribution >= 0.6 is 24.8 Å². The molecule has 116 valence electrons. The zero-order valence-electron chi connectivity index (χ0n) is 11.1. The third-order valence-corrected chi connectivity index (χ3v) is 5.07. The maximum Gasteiger partial charge on any atom is 0.243 e. The number of nitrogens with zero attached hydrogens (tertiary/aromatic N) is 2. The number of rotatable bonds is 4. The van der Waals surface area contributed by atoms with E-state index in [1.165, 1.54) is 0 Å². The topological polar surface area (TPSA) is 66.6 Å². The van der Waals surface area contributed by atoms with Crippen LogP contribution in [0.5, 0.6) is 0 Å². The maximum absolute atomic E-state index is 12.3. The van der Waals surface area contributed by atoms with Crippen molar-refractivity contribution in [1.29, 1.82) is 0 Å². The summed E-state index contributed by atoms with van der Waals surface area (Å²) in [5.74, 6) is 0. The van der Waals surface area contributed by atoms with E-state index in [4.69, 9.17) is 5.73 Å². The predicted molar refractivity (Wildman–Crippen MR) is 85.2 cm³/mol. The summed E-state index contributed by atoms with van der Waals surface area (Å²) in [5.41, 5.74) is 5.50. The molecule has 0 atom stereocenters. The Balaban J connectivity index is 0.00000180. The number of piperazine rings is 1. The molecular formula is C12H21Cl2N3O2S. The van der Waals surface area contributed by atoms with Gasteiger partial charge in [-0.3, -0.25) is 4.90 Å². The summed E-state index contributed by atoms with van der Waals surface area (Å²) in [7, 11) is -3.32. The molecular weight excluding hydrogens is 321 g/mol. The largest absolute Gasteiger partial charge is 0.329 e. The molecule has 1 heterocycles. The normalized spacial score (nSPS) is 17.1. The van der Waals surface area contributed by atoms with Gasteiger partial charge >= 0.3 is 0 Å². The minimum atomic E-state index is -3.32. The van der Waals surface area contributed by atoms with Gasteiger partial charge in [0.1, 0.15) is 0 Å². The van der Waals surface area contributed by atoms with Crippen LogP contribution in [0, 0.1) is 0 Å². The van der Waals surface area contributed by atoms with E-state index in [1.807, 2.05) is 6.07 Å². The highest BCUT2D eigenvalue weighted by Gasteiger charge is 2.27. The number of nitrogens with two attached hydrogens (primary N) is 1. The quantitative estimate of drug-likeness (QED) is 0.879. The Labute approximate surface area is 133 Å². The van der Waals surface area contributed by atoms with Gasteiger partial charge in [0.15, 0.2) is 0 Å². The first-order valence-corrected chi connectivity index (χ1v) is 7.56. The van der Waals surface area contributed by atoms with Crippen LogP contribution in [0.15, 0.2) is 35.2 Å². The fraction of sp³-hybridized carbons (Fsp3) is 0.500. The smallest absolute Gasteiger partial charge is 0.243 e. The predicted octanol–water partition coefficient (Wildman–Crippen LogP) is 0.795. The van der Waals surface area contributed by atoms with Crippen molar-refractivity contribution in [1.82, 2.24) is 9.21 Å². The molecule has 2 rings (SSSR count). The lowest BCUT2D eigenvalue weighted by Gasteiger charge is -2.33. The molecule has 0 aromatic heterocycles. The van der Waals surface area contributed by atoms with Crippen LogP contribution in [0.2, 0.25) is 0 Å². The highest BCUT2D eigenvalue weighted by atomic mass is 35.5. The Hall–Kier alpha value is -0.370.